The summed E-state index contributed by atoms with van der Waals surface area (Å²) in [5.74, 6) is -0.139. The fraction of sp³-hybridized carbons (Fsp3) is 0.0625. The topological polar surface area (TPSA) is 59.8 Å². The first-order valence-electron chi connectivity index (χ1n) is 6.98. The lowest BCUT2D eigenvalue weighted by Gasteiger charge is -2.01. The Hall–Kier alpha value is -2.51. The highest BCUT2D eigenvalue weighted by molar-refractivity contribution is 7.20. The van der Waals surface area contributed by atoms with Crippen LogP contribution in [0.2, 0.25) is 0 Å². The third-order valence-electron chi connectivity index (χ3n) is 3.42. The number of aromatic nitrogens is 3. The van der Waals surface area contributed by atoms with Crippen molar-refractivity contribution in [3.63, 3.8) is 0 Å². The molecule has 0 bridgehead atoms. The van der Waals surface area contributed by atoms with Crippen LogP contribution in [0.25, 0.3) is 15.9 Å². The van der Waals surface area contributed by atoms with Crippen molar-refractivity contribution >= 4 is 43.9 Å². The largest absolute Gasteiger partial charge is 0.297 e. The van der Waals surface area contributed by atoms with Crippen LogP contribution in [0, 0.1) is 6.92 Å². The number of nitrogens with one attached hydrogen (secondary N) is 1. The van der Waals surface area contributed by atoms with E-state index in [9.17, 15) is 4.79 Å². The highest BCUT2D eigenvalue weighted by atomic mass is 32.1. The van der Waals surface area contributed by atoms with E-state index in [1.54, 1.807) is 6.20 Å². The lowest BCUT2D eigenvalue weighted by atomic mass is 10.3. The Morgan fingerprint density at radius 2 is 2.09 bits per heavy atom. The van der Waals surface area contributed by atoms with Gasteiger partial charge in [0.1, 0.15) is 4.83 Å². The number of hydrogen-bond donors (Lipinski definition) is 1. The number of fused-ring (bicyclic) bond motifs is 1. The molecule has 23 heavy (non-hydrogen) atoms. The van der Waals surface area contributed by atoms with Gasteiger partial charge < -0.3 is 0 Å². The van der Waals surface area contributed by atoms with E-state index in [4.69, 9.17) is 0 Å². The first kappa shape index (κ1) is 14.1. The Morgan fingerprint density at radius 3 is 2.83 bits per heavy atom. The molecular formula is C16H12N4OS2. The van der Waals surface area contributed by atoms with Gasteiger partial charge in [0.05, 0.1) is 16.3 Å². The van der Waals surface area contributed by atoms with Gasteiger partial charge in [-0.2, -0.15) is 5.10 Å². The molecule has 0 saturated carbocycles. The maximum Gasteiger partial charge on any atom is 0.267 e. The van der Waals surface area contributed by atoms with Crippen LogP contribution in [0.3, 0.4) is 0 Å². The number of thiophene rings is 1. The predicted octanol–water partition coefficient (Wildman–Crippen LogP) is 4.10. The summed E-state index contributed by atoms with van der Waals surface area (Å²) in [7, 11) is 0. The maximum atomic E-state index is 12.4. The van der Waals surface area contributed by atoms with Crippen LogP contribution in [0.4, 0.5) is 5.13 Å². The second kappa shape index (κ2) is 5.60. The van der Waals surface area contributed by atoms with Gasteiger partial charge in [0.25, 0.3) is 5.91 Å². The van der Waals surface area contributed by atoms with Gasteiger partial charge in [0, 0.05) is 17.0 Å². The van der Waals surface area contributed by atoms with Crippen molar-refractivity contribution in [1.29, 1.82) is 0 Å². The molecule has 5 nitrogen and oxygen atoms in total. The molecule has 0 fully saturated rings. The standard InChI is InChI=1S/C16H12N4OS2/c1-10-12-9-13(14(21)18-16-17-7-8-22-16)23-15(12)20(19-10)11-5-3-2-4-6-11/h2-9H,1H3,(H,17,18,21). The minimum atomic E-state index is -0.139. The SMILES string of the molecule is Cc1nn(-c2ccccc2)c2sc(C(=O)Nc3nccs3)cc12. The first-order chi connectivity index (χ1) is 11.2. The van der Waals surface area contributed by atoms with Crippen LogP contribution < -0.4 is 5.32 Å². The van der Waals surface area contributed by atoms with Gasteiger partial charge in [-0.05, 0) is 25.1 Å². The molecule has 4 aromatic rings. The van der Waals surface area contributed by atoms with Crippen molar-refractivity contribution < 1.29 is 4.79 Å². The van der Waals surface area contributed by atoms with Gasteiger partial charge in [-0.25, -0.2) is 9.67 Å². The molecule has 1 aromatic carbocycles. The smallest absolute Gasteiger partial charge is 0.267 e. The molecule has 0 unspecified atom stereocenters. The van der Waals surface area contributed by atoms with Gasteiger partial charge in [-0.3, -0.25) is 10.1 Å². The van der Waals surface area contributed by atoms with Gasteiger partial charge >= 0.3 is 0 Å². The number of carbonyl (C=O) groups is 1. The number of anilines is 1. The minimum absolute atomic E-state index is 0.139. The van der Waals surface area contributed by atoms with Gasteiger partial charge in [-0.1, -0.05) is 18.2 Å². The molecule has 0 spiro atoms. The number of para-hydroxylation sites is 1. The summed E-state index contributed by atoms with van der Waals surface area (Å²) in [5.41, 5.74) is 1.90. The number of hydrogen-bond acceptors (Lipinski definition) is 5. The third-order valence-corrected chi connectivity index (χ3v) is 5.22. The van der Waals surface area contributed by atoms with E-state index in [0.717, 1.165) is 21.6 Å². The second-order valence-corrected chi connectivity index (χ2v) is 6.88. The molecule has 4 rings (SSSR count). The summed E-state index contributed by atoms with van der Waals surface area (Å²) in [6, 6.07) is 11.8. The van der Waals surface area contributed by atoms with Crippen LogP contribution in [0.15, 0.2) is 48.0 Å². The van der Waals surface area contributed by atoms with E-state index >= 15 is 0 Å². The minimum Gasteiger partial charge on any atom is -0.297 e. The molecular weight excluding hydrogens is 328 g/mol. The van der Waals surface area contributed by atoms with Crippen molar-refractivity contribution in [2.24, 2.45) is 0 Å². The lowest BCUT2D eigenvalue weighted by molar-refractivity contribution is 0.103. The second-order valence-electron chi connectivity index (χ2n) is 4.95. The number of nitrogens with zero attached hydrogens (tertiary/aromatic N) is 3. The Labute approximate surface area is 140 Å². The van der Waals surface area contributed by atoms with E-state index in [2.05, 4.69) is 15.4 Å². The average molecular weight is 340 g/mol. The number of benzene rings is 1. The summed E-state index contributed by atoms with van der Waals surface area (Å²) < 4.78 is 1.88. The van der Waals surface area contributed by atoms with Crippen molar-refractivity contribution in [2.45, 2.75) is 6.92 Å². The van der Waals surface area contributed by atoms with Gasteiger partial charge in [0.2, 0.25) is 0 Å². The fourth-order valence-corrected chi connectivity index (χ4v) is 3.95. The normalized spacial score (nSPS) is 11.0. The predicted molar refractivity (Wildman–Crippen MR) is 93.8 cm³/mol. The molecule has 1 N–H and O–H groups in total. The van der Waals surface area contributed by atoms with Crippen molar-refractivity contribution in [3.05, 3.63) is 58.5 Å². The molecule has 3 heterocycles. The number of carbonyl (C=O) groups excluding carboxylic acids is 1. The molecule has 0 saturated heterocycles. The molecule has 0 radical (unpaired) electrons. The quantitative estimate of drug-likeness (QED) is 0.611. The number of rotatable bonds is 3. The zero-order valence-electron chi connectivity index (χ0n) is 12.2. The van der Waals surface area contributed by atoms with Crippen LogP contribution in [-0.4, -0.2) is 20.7 Å². The molecule has 1 amide bonds. The van der Waals surface area contributed by atoms with Crippen molar-refractivity contribution in [1.82, 2.24) is 14.8 Å². The molecule has 0 aliphatic heterocycles. The molecule has 0 aliphatic carbocycles. The zero-order chi connectivity index (χ0) is 15.8. The average Bonchev–Trinajstić information content (AvgIpc) is 3.27. The number of amides is 1. The summed E-state index contributed by atoms with van der Waals surface area (Å²) in [4.78, 5) is 18.1. The van der Waals surface area contributed by atoms with E-state index in [1.165, 1.54) is 22.7 Å². The van der Waals surface area contributed by atoms with E-state index in [0.29, 0.717) is 10.0 Å². The Balaban J connectivity index is 1.75. The zero-order valence-corrected chi connectivity index (χ0v) is 13.8. The van der Waals surface area contributed by atoms with E-state index < -0.39 is 0 Å². The Morgan fingerprint density at radius 1 is 1.26 bits per heavy atom. The molecule has 3 aromatic heterocycles. The maximum absolute atomic E-state index is 12.4. The highest BCUT2D eigenvalue weighted by Gasteiger charge is 2.17. The number of aryl methyl sites for hydroxylation is 1. The summed E-state index contributed by atoms with van der Waals surface area (Å²) >= 11 is 2.84. The van der Waals surface area contributed by atoms with Gasteiger partial charge in [-0.15, -0.1) is 22.7 Å². The third kappa shape index (κ3) is 2.54. The lowest BCUT2D eigenvalue weighted by Crippen LogP contribution is -2.09. The molecule has 0 aliphatic rings. The van der Waals surface area contributed by atoms with Crippen molar-refractivity contribution in [2.75, 3.05) is 5.32 Å². The summed E-state index contributed by atoms with van der Waals surface area (Å²) in [6.07, 6.45) is 1.67. The highest BCUT2D eigenvalue weighted by Crippen LogP contribution is 2.30. The Bertz CT molecular complexity index is 971. The number of thiazole rings is 1. The van der Waals surface area contributed by atoms with Crippen LogP contribution in [-0.2, 0) is 0 Å². The van der Waals surface area contributed by atoms with Gasteiger partial charge in [0.15, 0.2) is 5.13 Å². The first-order valence-corrected chi connectivity index (χ1v) is 8.67. The van der Waals surface area contributed by atoms with E-state index in [-0.39, 0.29) is 5.91 Å². The molecule has 0 atom stereocenters. The van der Waals surface area contributed by atoms with Crippen LogP contribution >= 0.6 is 22.7 Å². The molecule has 114 valence electrons. The van der Waals surface area contributed by atoms with Crippen LogP contribution in [0.1, 0.15) is 15.4 Å². The summed E-state index contributed by atoms with van der Waals surface area (Å²) in [5, 5.41) is 10.8. The monoisotopic (exact) mass is 340 g/mol. The van der Waals surface area contributed by atoms with Crippen LogP contribution in [0.5, 0.6) is 0 Å². The molecule has 7 heteroatoms. The fourth-order valence-electron chi connectivity index (χ4n) is 2.35. The van der Waals surface area contributed by atoms with Crippen molar-refractivity contribution in [3.8, 4) is 5.69 Å². The Kier molecular flexibility index (Phi) is 3.44. The summed E-state index contributed by atoms with van der Waals surface area (Å²) in [6.45, 7) is 1.96. The van der Waals surface area contributed by atoms with E-state index in [1.807, 2.05) is 53.4 Å².